The molecule has 1 aliphatic heterocycles. The molecule has 1 atom stereocenters. The van der Waals surface area contributed by atoms with Crippen molar-refractivity contribution in [1.82, 2.24) is 4.90 Å². The first-order chi connectivity index (χ1) is 13.4. The van der Waals surface area contributed by atoms with E-state index in [9.17, 15) is 19.7 Å². The molecule has 0 N–H and O–H groups in total. The Morgan fingerprint density at radius 2 is 1.82 bits per heavy atom. The summed E-state index contributed by atoms with van der Waals surface area (Å²) in [6.07, 6.45) is 0. The van der Waals surface area contributed by atoms with Crippen LogP contribution < -0.4 is 9.64 Å². The molecule has 0 radical (unpaired) electrons. The van der Waals surface area contributed by atoms with E-state index in [4.69, 9.17) is 16.3 Å². The highest BCUT2D eigenvalue weighted by Crippen LogP contribution is 2.23. The van der Waals surface area contributed by atoms with Crippen LogP contribution in [0.4, 0.5) is 11.4 Å². The minimum atomic E-state index is -0.662. The number of nitro benzene ring substituents is 1. The van der Waals surface area contributed by atoms with Gasteiger partial charge >= 0.3 is 0 Å². The number of piperazine rings is 1. The number of carbonyl (C=O) groups excluding carboxylic acids is 2. The average molecular weight is 404 g/mol. The molecule has 2 aromatic rings. The fourth-order valence-electron chi connectivity index (χ4n) is 2.98. The molecule has 3 rings (SSSR count). The number of carbonyl (C=O) groups is 2. The van der Waals surface area contributed by atoms with Crippen LogP contribution in [0.15, 0.2) is 48.5 Å². The lowest BCUT2D eigenvalue weighted by molar-refractivity contribution is -0.384. The zero-order chi connectivity index (χ0) is 20.3. The second-order valence-electron chi connectivity index (χ2n) is 6.27. The van der Waals surface area contributed by atoms with Crippen LogP contribution >= 0.6 is 11.6 Å². The lowest BCUT2D eigenvalue weighted by Gasteiger charge is -2.39. The summed E-state index contributed by atoms with van der Waals surface area (Å²) >= 11 is 5.81. The molecule has 0 bridgehead atoms. The zero-order valence-electron chi connectivity index (χ0n) is 15.1. The predicted octanol–water partition coefficient (Wildman–Crippen LogP) is 2.89. The second-order valence-corrected chi connectivity index (χ2v) is 6.71. The highest BCUT2D eigenvalue weighted by atomic mass is 35.5. The summed E-state index contributed by atoms with van der Waals surface area (Å²) < 4.78 is 5.47. The molecule has 0 spiro atoms. The fraction of sp³-hybridized carbons (Fsp3) is 0.263. The highest BCUT2D eigenvalue weighted by molar-refractivity contribution is 6.30. The van der Waals surface area contributed by atoms with Crippen LogP contribution in [0.1, 0.15) is 6.92 Å². The molecular weight excluding hydrogens is 386 g/mol. The Balaban J connectivity index is 1.62. The van der Waals surface area contributed by atoms with Crippen LogP contribution in [0.3, 0.4) is 0 Å². The SMILES string of the molecule is CC1C(=O)N(c2ccc([N+](=O)[O-])cc2)CCN1C(=O)COc1ccc(Cl)cc1. The Bertz CT molecular complexity index is 885. The molecule has 28 heavy (non-hydrogen) atoms. The van der Waals surface area contributed by atoms with Gasteiger partial charge in [-0.05, 0) is 43.3 Å². The van der Waals surface area contributed by atoms with Crippen molar-refractivity contribution in [2.24, 2.45) is 0 Å². The van der Waals surface area contributed by atoms with Crippen molar-refractivity contribution >= 4 is 34.8 Å². The molecule has 1 unspecified atom stereocenters. The van der Waals surface area contributed by atoms with E-state index >= 15 is 0 Å². The number of benzene rings is 2. The summed E-state index contributed by atoms with van der Waals surface area (Å²) in [4.78, 5) is 38.5. The van der Waals surface area contributed by atoms with Gasteiger partial charge in [-0.3, -0.25) is 19.7 Å². The summed E-state index contributed by atoms with van der Waals surface area (Å²) in [6.45, 7) is 2.11. The minimum Gasteiger partial charge on any atom is -0.484 e. The number of nitro groups is 1. The number of hydrogen-bond donors (Lipinski definition) is 0. The third kappa shape index (κ3) is 4.23. The van der Waals surface area contributed by atoms with Gasteiger partial charge in [-0.25, -0.2) is 0 Å². The van der Waals surface area contributed by atoms with E-state index in [1.165, 1.54) is 34.1 Å². The maximum atomic E-state index is 12.7. The number of halogens is 1. The molecule has 2 amide bonds. The van der Waals surface area contributed by atoms with Gasteiger partial charge in [0.15, 0.2) is 6.61 Å². The van der Waals surface area contributed by atoms with Crippen molar-refractivity contribution in [2.45, 2.75) is 13.0 Å². The predicted molar refractivity (Wildman–Crippen MR) is 104 cm³/mol. The van der Waals surface area contributed by atoms with Crippen molar-refractivity contribution < 1.29 is 19.2 Å². The van der Waals surface area contributed by atoms with Crippen molar-refractivity contribution in [3.05, 3.63) is 63.7 Å². The first-order valence-electron chi connectivity index (χ1n) is 8.60. The number of hydrogen-bond acceptors (Lipinski definition) is 5. The van der Waals surface area contributed by atoms with Crippen molar-refractivity contribution in [2.75, 3.05) is 24.6 Å². The Morgan fingerprint density at radius 3 is 2.43 bits per heavy atom. The molecule has 1 aliphatic rings. The summed E-state index contributed by atoms with van der Waals surface area (Å²) in [7, 11) is 0. The number of nitrogens with zero attached hydrogens (tertiary/aromatic N) is 3. The smallest absolute Gasteiger partial charge is 0.269 e. The molecule has 1 heterocycles. The number of amides is 2. The van der Waals surface area contributed by atoms with E-state index in [2.05, 4.69) is 0 Å². The van der Waals surface area contributed by atoms with Gasteiger partial charge in [-0.15, -0.1) is 0 Å². The second kappa shape index (κ2) is 8.26. The Hall–Kier alpha value is -3.13. The van der Waals surface area contributed by atoms with E-state index < -0.39 is 11.0 Å². The van der Waals surface area contributed by atoms with Gasteiger partial charge < -0.3 is 14.5 Å². The van der Waals surface area contributed by atoms with Gasteiger partial charge in [0.25, 0.3) is 11.6 Å². The largest absolute Gasteiger partial charge is 0.484 e. The first-order valence-corrected chi connectivity index (χ1v) is 8.98. The van der Waals surface area contributed by atoms with Crippen LogP contribution in [0.2, 0.25) is 5.02 Å². The minimum absolute atomic E-state index is 0.0441. The molecule has 0 aliphatic carbocycles. The lowest BCUT2D eigenvalue weighted by Crippen LogP contribution is -2.58. The van der Waals surface area contributed by atoms with E-state index in [1.54, 1.807) is 31.2 Å². The normalized spacial score (nSPS) is 16.8. The Morgan fingerprint density at radius 1 is 1.18 bits per heavy atom. The fourth-order valence-corrected chi connectivity index (χ4v) is 3.11. The lowest BCUT2D eigenvalue weighted by atomic mass is 10.1. The monoisotopic (exact) mass is 403 g/mol. The van der Waals surface area contributed by atoms with Gasteiger partial charge in [0.1, 0.15) is 11.8 Å². The number of non-ortho nitro benzene ring substituents is 1. The summed E-state index contributed by atoms with van der Waals surface area (Å²) in [5, 5.41) is 11.3. The van der Waals surface area contributed by atoms with Crippen molar-refractivity contribution in [3.8, 4) is 5.75 Å². The highest BCUT2D eigenvalue weighted by Gasteiger charge is 2.35. The maximum Gasteiger partial charge on any atom is 0.269 e. The summed E-state index contributed by atoms with van der Waals surface area (Å²) in [5.74, 6) is -0.0275. The van der Waals surface area contributed by atoms with Gasteiger partial charge in [0.05, 0.1) is 4.92 Å². The van der Waals surface area contributed by atoms with Crippen LogP contribution in [0.25, 0.3) is 0 Å². The topological polar surface area (TPSA) is 93.0 Å². The molecule has 1 fully saturated rings. The van der Waals surface area contributed by atoms with Gasteiger partial charge in [0, 0.05) is 35.9 Å². The van der Waals surface area contributed by atoms with E-state index in [-0.39, 0.29) is 24.1 Å². The molecule has 8 nitrogen and oxygen atoms in total. The molecule has 146 valence electrons. The first kappa shape index (κ1) is 19.6. The van der Waals surface area contributed by atoms with Gasteiger partial charge in [-0.1, -0.05) is 11.6 Å². The number of ether oxygens (including phenoxy) is 1. The van der Waals surface area contributed by atoms with Crippen LogP contribution in [-0.2, 0) is 9.59 Å². The van der Waals surface area contributed by atoms with E-state index in [0.29, 0.717) is 29.5 Å². The maximum absolute atomic E-state index is 12.7. The molecule has 0 aromatic heterocycles. The molecule has 9 heteroatoms. The molecule has 1 saturated heterocycles. The molecule has 2 aromatic carbocycles. The van der Waals surface area contributed by atoms with Crippen LogP contribution in [0, 0.1) is 10.1 Å². The summed E-state index contributed by atoms with van der Waals surface area (Å²) in [6, 6.07) is 11.8. The van der Waals surface area contributed by atoms with E-state index in [0.717, 1.165) is 0 Å². The molecular formula is C19H18ClN3O5. The number of rotatable bonds is 5. The van der Waals surface area contributed by atoms with Crippen LogP contribution in [0.5, 0.6) is 5.75 Å². The van der Waals surface area contributed by atoms with Crippen LogP contribution in [-0.4, -0.2) is 47.4 Å². The average Bonchev–Trinajstić information content (AvgIpc) is 2.69. The zero-order valence-corrected chi connectivity index (χ0v) is 15.8. The standard InChI is InChI=1S/C19H18ClN3O5/c1-13-19(25)22(15-4-6-16(7-5-15)23(26)27)11-10-21(13)18(24)12-28-17-8-2-14(20)3-9-17/h2-9,13H,10-12H2,1H3. The van der Waals surface area contributed by atoms with Crippen molar-refractivity contribution in [1.29, 1.82) is 0 Å². The third-order valence-corrected chi connectivity index (χ3v) is 4.78. The van der Waals surface area contributed by atoms with Gasteiger partial charge in [-0.2, -0.15) is 0 Å². The van der Waals surface area contributed by atoms with Gasteiger partial charge in [0.2, 0.25) is 5.91 Å². The molecule has 0 saturated carbocycles. The Labute approximate surface area is 166 Å². The Kier molecular flexibility index (Phi) is 5.79. The summed E-state index contributed by atoms with van der Waals surface area (Å²) in [5.41, 5.74) is 0.518. The quantitative estimate of drug-likeness (QED) is 0.565. The van der Waals surface area contributed by atoms with Crippen molar-refractivity contribution in [3.63, 3.8) is 0 Å². The third-order valence-electron chi connectivity index (χ3n) is 4.52. The van der Waals surface area contributed by atoms with E-state index in [1.807, 2.05) is 0 Å². The number of anilines is 1.